The minimum atomic E-state index is 0.0652. The van der Waals surface area contributed by atoms with Crippen LogP contribution in [-0.4, -0.2) is 9.97 Å². The molecule has 3 aromatic carbocycles. The second-order valence-electron chi connectivity index (χ2n) is 4.93. The van der Waals surface area contributed by atoms with E-state index in [1.54, 1.807) is 0 Å². The highest BCUT2D eigenvalue weighted by molar-refractivity contribution is 6.23. The number of hydrogen-bond donors (Lipinski definition) is 0. The van der Waals surface area contributed by atoms with E-state index in [1.165, 1.54) is 0 Å². The number of rotatable bonds is 0. The summed E-state index contributed by atoms with van der Waals surface area (Å²) < 4.78 is 0. The first-order valence-electron chi connectivity index (χ1n) is 6.75. The Morgan fingerprint density at radius 1 is 0.591 bits per heavy atom. The topological polar surface area (TPSA) is 73.4 Å². The Kier molecular flexibility index (Phi) is 2.51. The summed E-state index contributed by atoms with van der Waals surface area (Å²) in [6.45, 7) is 0. The van der Waals surface area contributed by atoms with Crippen LogP contribution in [0.25, 0.3) is 32.6 Å². The van der Waals surface area contributed by atoms with E-state index in [1.807, 2.05) is 60.7 Å². The molecule has 0 aliphatic rings. The largest absolute Gasteiger partial charge is 0.232 e. The van der Waals surface area contributed by atoms with Gasteiger partial charge in [0.15, 0.2) is 11.4 Å². The van der Waals surface area contributed by atoms with Crippen molar-refractivity contribution in [2.45, 2.75) is 0 Å². The van der Waals surface area contributed by atoms with E-state index in [9.17, 15) is 10.5 Å². The number of hydrogen-bond acceptors (Lipinski definition) is 4. The fourth-order valence-electron chi connectivity index (χ4n) is 2.82. The van der Waals surface area contributed by atoms with Crippen molar-refractivity contribution in [1.29, 1.82) is 10.5 Å². The van der Waals surface area contributed by atoms with Gasteiger partial charge in [-0.2, -0.15) is 10.5 Å². The van der Waals surface area contributed by atoms with Gasteiger partial charge in [0, 0.05) is 10.8 Å². The molecule has 0 saturated carbocycles. The summed E-state index contributed by atoms with van der Waals surface area (Å²) in [5.41, 5.74) is 1.44. The molecule has 1 heterocycles. The van der Waals surface area contributed by atoms with Gasteiger partial charge in [-0.25, -0.2) is 9.97 Å². The van der Waals surface area contributed by atoms with E-state index >= 15 is 0 Å². The zero-order valence-electron chi connectivity index (χ0n) is 11.4. The van der Waals surface area contributed by atoms with Gasteiger partial charge in [-0.3, -0.25) is 0 Å². The van der Waals surface area contributed by atoms with E-state index in [4.69, 9.17) is 0 Å². The molecule has 100 valence electrons. The van der Waals surface area contributed by atoms with Crippen LogP contribution in [-0.2, 0) is 0 Å². The van der Waals surface area contributed by atoms with Gasteiger partial charge in [-0.1, -0.05) is 48.5 Å². The molecule has 0 fully saturated rings. The summed E-state index contributed by atoms with van der Waals surface area (Å²) in [5, 5.41) is 22.4. The van der Waals surface area contributed by atoms with Crippen molar-refractivity contribution in [2.75, 3.05) is 0 Å². The van der Waals surface area contributed by atoms with Crippen molar-refractivity contribution >= 4 is 32.6 Å². The molecule has 0 spiro atoms. The summed E-state index contributed by atoms with van der Waals surface area (Å²) in [6.07, 6.45) is 0. The highest BCUT2D eigenvalue weighted by Gasteiger charge is 2.14. The quantitative estimate of drug-likeness (QED) is 0.460. The highest BCUT2D eigenvalue weighted by atomic mass is 14.8. The maximum atomic E-state index is 9.19. The standard InChI is InChI=1S/C18H8N4/c19-9-15-16(10-20)22-18-14-8-4-2-6-12(14)11-5-1-3-7-13(11)17(18)21-15/h1-8H. The van der Waals surface area contributed by atoms with Gasteiger partial charge >= 0.3 is 0 Å². The maximum Gasteiger partial charge on any atom is 0.177 e. The molecule has 4 heteroatoms. The number of aromatic nitrogens is 2. The van der Waals surface area contributed by atoms with E-state index in [2.05, 4.69) is 9.97 Å². The fraction of sp³-hybridized carbons (Fsp3) is 0. The molecule has 1 aromatic heterocycles. The molecule has 0 unspecified atom stereocenters. The summed E-state index contributed by atoms with van der Waals surface area (Å²) >= 11 is 0. The lowest BCUT2D eigenvalue weighted by Gasteiger charge is -2.09. The minimum absolute atomic E-state index is 0.0652. The van der Waals surface area contributed by atoms with Gasteiger partial charge in [0.2, 0.25) is 0 Å². The third-order valence-electron chi connectivity index (χ3n) is 3.76. The molecular formula is C18H8N4. The number of nitrogens with zero attached hydrogens (tertiary/aromatic N) is 4. The lowest BCUT2D eigenvalue weighted by Crippen LogP contribution is -1.97. The lowest BCUT2D eigenvalue weighted by molar-refractivity contribution is 1.21. The first-order chi connectivity index (χ1) is 10.8. The van der Waals surface area contributed by atoms with Crippen molar-refractivity contribution in [1.82, 2.24) is 9.97 Å². The van der Waals surface area contributed by atoms with Crippen LogP contribution in [0.2, 0.25) is 0 Å². The summed E-state index contributed by atoms with van der Waals surface area (Å²) in [5.74, 6) is 0. The number of nitriles is 2. The molecule has 0 atom stereocenters. The Hall–Kier alpha value is -3.50. The summed E-state index contributed by atoms with van der Waals surface area (Å²) in [4.78, 5) is 8.79. The second kappa shape index (κ2) is 4.51. The molecule has 0 bridgehead atoms. The number of fused-ring (bicyclic) bond motifs is 6. The Bertz CT molecular complexity index is 1050. The van der Waals surface area contributed by atoms with Gasteiger partial charge in [0.05, 0.1) is 11.0 Å². The zero-order chi connectivity index (χ0) is 15.1. The summed E-state index contributed by atoms with van der Waals surface area (Å²) in [7, 11) is 0. The smallest absolute Gasteiger partial charge is 0.177 e. The van der Waals surface area contributed by atoms with Crippen molar-refractivity contribution in [3.8, 4) is 12.1 Å². The van der Waals surface area contributed by atoms with Crippen LogP contribution in [0.15, 0.2) is 48.5 Å². The molecule has 0 saturated heterocycles. The molecule has 0 radical (unpaired) electrons. The normalized spacial score (nSPS) is 10.6. The third-order valence-corrected chi connectivity index (χ3v) is 3.76. The fourth-order valence-corrected chi connectivity index (χ4v) is 2.82. The van der Waals surface area contributed by atoms with Crippen LogP contribution in [0.4, 0.5) is 0 Å². The van der Waals surface area contributed by atoms with Crippen molar-refractivity contribution in [3.05, 3.63) is 59.9 Å². The Morgan fingerprint density at radius 3 is 1.32 bits per heavy atom. The Balaban J connectivity index is 2.39. The summed E-state index contributed by atoms with van der Waals surface area (Å²) in [6, 6.07) is 19.7. The molecule has 22 heavy (non-hydrogen) atoms. The van der Waals surface area contributed by atoms with Gasteiger partial charge in [0.1, 0.15) is 12.1 Å². The van der Waals surface area contributed by atoms with Crippen molar-refractivity contribution in [3.63, 3.8) is 0 Å². The monoisotopic (exact) mass is 280 g/mol. The first-order valence-corrected chi connectivity index (χ1v) is 6.75. The average Bonchev–Trinajstić information content (AvgIpc) is 2.60. The van der Waals surface area contributed by atoms with E-state index in [0.29, 0.717) is 11.0 Å². The highest BCUT2D eigenvalue weighted by Crippen LogP contribution is 2.33. The Labute approximate surface area is 125 Å². The average molecular weight is 280 g/mol. The van der Waals surface area contributed by atoms with E-state index in [-0.39, 0.29) is 11.4 Å². The van der Waals surface area contributed by atoms with Crippen molar-refractivity contribution < 1.29 is 0 Å². The predicted molar refractivity (Wildman–Crippen MR) is 84.0 cm³/mol. The van der Waals surface area contributed by atoms with Crippen LogP contribution < -0.4 is 0 Å². The van der Waals surface area contributed by atoms with Crippen molar-refractivity contribution in [2.24, 2.45) is 0 Å². The molecule has 4 aromatic rings. The molecule has 4 rings (SSSR count). The molecular weight excluding hydrogens is 272 g/mol. The molecule has 0 aliphatic carbocycles. The zero-order valence-corrected chi connectivity index (χ0v) is 11.4. The van der Waals surface area contributed by atoms with Gasteiger partial charge in [-0.15, -0.1) is 0 Å². The number of benzene rings is 3. The molecule has 0 N–H and O–H groups in total. The van der Waals surface area contributed by atoms with Crippen LogP contribution in [0.1, 0.15) is 11.4 Å². The second-order valence-corrected chi connectivity index (χ2v) is 4.93. The van der Waals surface area contributed by atoms with Crippen LogP contribution in [0, 0.1) is 22.7 Å². The molecule has 4 nitrogen and oxygen atoms in total. The van der Waals surface area contributed by atoms with Gasteiger partial charge in [-0.05, 0) is 10.8 Å². The first kappa shape index (κ1) is 12.3. The van der Waals surface area contributed by atoms with E-state index < -0.39 is 0 Å². The minimum Gasteiger partial charge on any atom is -0.232 e. The van der Waals surface area contributed by atoms with Gasteiger partial charge in [0.25, 0.3) is 0 Å². The molecule has 0 aliphatic heterocycles. The SMILES string of the molecule is N#Cc1nc2c3ccccc3c3ccccc3c2nc1C#N. The third kappa shape index (κ3) is 1.55. The van der Waals surface area contributed by atoms with Gasteiger partial charge < -0.3 is 0 Å². The lowest BCUT2D eigenvalue weighted by atomic mass is 9.99. The van der Waals surface area contributed by atoms with E-state index in [0.717, 1.165) is 21.5 Å². The predicted octanol–water partition coefficient (Wildman–Crippen LogP) is 3.68. The van der Waals surface area contributed by atoms with Crippen LogP contribution in [0.3, 0.4) is 0 Å². The maximum absolute atomic E-state index is 9.19. The Morgan fingerprint density at radius 2 is 0.955 bits per heavy atom. The molecule has 0 amide bonds. The van der Waals surface area contributed by atoms with Crippen LogP contribution in [0.5, 0.6) is 0 Å². The van der Waals surface area contributed by atoms with Crippen LogP contribution >= 0.6 is 0 Å².